The molecule has 1 unspecified atom stereocenters. The zero-order valence-corrected chi connectivity index (χ0v) is 13.2. The van der Waals surface area contributed by atoms with E-state index in [0.717, 1.165) is 12.0 Å². The van der Waals surface area contributed by atoms with Gasteiger partial charge in [0.05, 0.1) is 13.7 Å². The molecule has 0 saturated heterocycles. The van der Waals surface area contributed by atoms with Crippen LogP contribution in [0.25, 0.3) is 0 Å². The minimum Gasteiger partial charge on any atom is -0.497 e. The maximum atomic E-state index is 12.0. The fourth-order valence-corrected chi connectivity index (χ4v) is 2.00. The number of hydrogen-bond acceptors (Lipinski definition) is 5. The second-order valence-corrected chi connectivity index (χ2v) is 4.84. The molecule has 5 nitrogen and oxygen atoms in total. The zero-order chi connectivity index (χ0) is 15.8. The quantitative estimate of drug-likeness (QED) is 0.747. The van der Waals surface area contributed by atoms with Crippen LogP contribution in [0, 0.1) is 0 Å². The molecule has 0 amide bonds. The molecule has 2 N–H and O–H groups in total. The molecule has 0 aromatic heterocycles. The first-order chi connectivity index (χ1) is 10.0. The molecule has 21 heavy (non-hydrogen) atoms. The Labute approximate surface area is 126 Å². The van der Waals surface area contributed by atoms with Crippen molar-refractivity contribution in [2.24, 2.45) is 5.73 Å². The lowest BCUT2D eigenvalue weighted by molar-refractivity contribution is -0.151. The van der Waals surface area contributed by atoms with Crippen LogP contribution in [0.5, 0.6) is 11.5 Å². The molecule has 2 atom stereocenters. The molecule has 5 heteroatoms. The summed E-state index contributed by atoms with van der Waals surface area (Å²) in [5.41, 5.74) is 6.79. The summed E-state index contributed by atoms with van der Waals surface area (Å²) in [5, 5.41) is 0. The molecule has 1 rings (SSSR count). The van der Waals surface area contributed by atoms with Crippen LogP contribution in [0.3, 0.4) is 0 Å². The highest BCUT2D eigenvalue weighted by Gasteiger charge is 2.23. The largest absolute Gasteiger partial charge is 0.497 e. The van der Waals surface area contributed by atoms with Crippen LogP contribution in [0.15, 0.2) is 18.2 Å². The van der Waals surface area contributed by atoms with Crippen molar-refractivity contribution in [2.45, 2.75) is 45.8 Å². The van der Waals surface area contributed by atoms with Crippen molar-refractivity contribution >= 4 is 5.97 Å². The molecule has 0 saturated carbocycles. The third kappa shape index (κ3) is 4.93. The van der Waals surface area contributed by atoms with Crippen LogP contribution in [0.4, 0.5) is 0 Å². The summed E-state index contributed by atoms with van der Waals surface area (Å²) in [4.78, 5) is 12.0. The van der Waals surface area contributed by atoms with Gasteiger partial charge in [-0.15, -0.1) is 0 Å². The number of rotatable bonds is 8. The fraction of sp³-hybridized carbons (Fsp3) is 0.562. The SMILES string of the molecule is CCCC(Oc1cc(OC)ccc1[C@@H](C)N)C(=O)OCC. The molecular weight excluding hydrogens is 270 g/mol. The minimum absolute atomic E-state index is 0.199. The second kappa shape index (κ2) is 8.52. The van der Waals surface area contributed by atoms with Gasteiger partial charge in [-0.05, 0) is 26.3 Å². The van der Waals surface area contributed by atoms with Crippen molar-refractivity contribution in [2.75, 3.05) is 13.7 Å². The second-order valence-electron chi connectivity index (χ2n) is 4.84. The van der Waals surface area contributed by atoms with Crippen LogP contribution in [0.1, 0.15) is 45.2 Å². The topological polar surface area (TPSA) is 70.8 Å². The van der Waals surface area contributed by atoms with Gasteiger partial charge in [-0.1, -0.05) is 19.4 Å². The van der Waals surface area contributed by atoms with E-state index in [1.807, 2.05) is 26.0 Å². The highest BCUT2D eigenvalue weighted by molar-refractivity contribution is 5.75. The van der Waals surface area contributed by atoms with E-state index < -0.39 is 6.10 Å². The van der Waals surface area contributed by atoms with Crippen LogP contribution in [-0.2, 0) is 9.53 Å². The van der Waals surface area contributed by atoms with Gasteiger partial charge in [-0.2, -0.15) is 0 Å². The van der Waals surface area contributed by atoms with Crippen LogP contribution < -0.4 is 15.2 Å². The third-order valence-corrected chi connectivity index (χ3v) is 3.08. The minimum atomic E-state index is -0.625. The van der Waals surface area contributed by atoms with Crippen LogP contribution in [-0.4, -0.2) is 25.8 Å². The summed E-state index contributed by atoms with van der Waals surface area (Å²) in [6.07, 6.45) is 0.787. The normalized spacial score (nSPS) is 13.4. The molecule has 0 aliphatic heterocycles. The van der Waals surface area contributed by atoms with Gasteiger partial charge >= 0.3 is 5.97 Å². The molecule has 118 valence electrons. The number of nitrogens with two attached hydrogens (primary N) is 1. The van der Waals surface area contributed by atoms with E-state index in [0.29, 0.717) is 24.5 Å². The maximum absolute atomic E-state index is 12.0. The molecule has 0 aliphatic rings. The number of benzene rings is 1. The molecule has 0 spiro atoms. The van der Waals surface area contributed by atoms with E-state index >= 15 is 0 Å². The molecule has 0 bridgehead atoms. The Balaban J connectivity index is 3.02. The molecule has 0 aliphatic carbocycles. The summed E-state index contributed by atoms with van der Waals surface area (Å²) in [5.74, 6) is 0.877. The fourth-order valence-electron chi connectivity index (χ4n) is 2.00. The highest BCUT2D eigenvalue weighted by Crippen LogP contribution is 2.30. The Morgan fingerprint density at radius 3 is 2.57 bits per heavy atom. The summed E-state index contributed by atoms with van der Waals surface area (Å²) >= 11 is 0. The molecular formula is C16H25NO4. The van der Waals surface area contributed by atoms with E-state index in [2.05, 4.69) is 0 Å². The van der Waals surface area contributed by atoms with Crippen LogP contribution in [0.2, 0.25) is 0 Å². The van der Waals surface area contributed by atoms with Gasteiger partial charge in [-0.3, -0.25) is 0 Å². The van der Waals surface area contributed by atoms with Gasteiger partial charge in [-0.25, -0.2) is 4.79 Å². The van der Waals surface area contributed by atoms with Gasteiger partial charge in [0.25, 0.3) is 0 Å². The number of hydrogen-bond donors (Lipinski definition) is 1. The van der Waals surface area contributed by atoms with E-state index in [-0.39, 0.29) is 12.0 Å². The average molecular weight is 295 g/mol. The third-order valence-electron chi connectivity index (χ3n) is 3.08. The Hall–Kier alpha value is -1.75. The first-order valence-corrected chi connectivity index (χ1v) is 7.30. The van der Waals surface area contributed by atoms with Gasteiger partial charge in [0.1, 0.15) is 11.5 Å². The van der Waals surface area contributed by atoms with Gasteiger partial charge in [0.2, 0.25) is 0 Å². The van der Waals surface area contributed by atoms with E-state index in [4.69, 9.17) is 19.9 Å². The standard InChI is InChI=1S/C16H25NO4/c1-5-7-14(16(18)20-6-2)21-15-10-12(19-4)8-9-13(15)11(3)17/h8-11,14H,5-7,17H2,1-4H3/t11-,14?/m1/s1. The smallest absolute Gasteiger partial charge is 0.347 e. The van der Waals surface area contributed by atoms with Crippen LogP contribution >= 0.6 is 0 Å². The first kappa shape index (κ1) is 17.3. The lowest BCUT2D eigenvalue weighted by Gasteiger charge is -2.21. The monoisotopic (exact) mass is 295 g/mol. The van der Waals surface area contributed by atoms with Crippen molar-refractivity contribution < 1.29 is 19.0 Å². The summed E-state index contributed by atoms with van der Waals surface area (Å²) < 4.78 is 16.1. The predicted molar refractivity (Wildman–Crippen MR) is 81.6 cm³/mol. The van der Waals surface area contributed by atoms with E-state index in [1.54, 1.807) is 20.1 Å². The Morgan fingerprint density at radius 1 is 1.33 bits per heavy atom. The van der Waals surface area contributed by atoms with Crippen molar-refractivity contribution in [1.29, 1.82) is 0 Å². The number of methoxy groups -OCH3 is 1. The molecule has 0 radical (unpaired) electrons. The van der Waals surface area contributed by atoms with Gasteiger partial charge < -0.3 is 19.9 Å². The Morgan fingerprint density at radius 2 is 2.05 bits per heavy atom. The maximum Gasteiger partial charge on any atom is 0.347 e. The molecule has 1 aromatic carbocycles. The van der Waals surface area contributed by atoms with Gasteiger partial charge in [0, 0.05) is 17.7 Å². The Bertz CT molecular complexity index is 460. The summed E-state index contributed by atoms with van der Waals surface area (Å²) in [6, 6.07) is 5.23. The Kier molecular flexibility index (Phi) is 7.02. The predicted octanol–water partition coefficient (Wildman–Crippen LogP) is 2.83. The van der Waals surface area contributed by atoms with Crippen molar-refractivity contribution in [3.05, 3.63) is 23.8 Å². The number of ether oxygens (including phenoxy) is 3. The zero-order valence-electron chi connectivity index (χ0n) is 13.2. The number of carbonyl (C=O) groups is 1. The number of esters is 1. The van der Waals surface area contributed by atoms with Crippen molar-refractivity contribution in [3.63, 3.8) is 0 Å². The lowest BCUT2D eigenvalue weighted by Crippen LogP contribution is -2.30. The highest BCUT2D eigenvalue weighted by atomic mass is 16.6. The molecule has 1 aromatic rings. The molecule has 0 heterocycles. The van der Waals surface area contributed by atoms with Gasteiger partial charge in [0.15, 0.2) is 6.10 Å². The summed E-state index contributed by atoms with van der Waals surface area (Å²) in [6.45, 7) is 5.97. The molecule has 0 fully saturated rings. The first-order valence-electron chi connectivity index (χ1n) is 7.30. The average Bonchev–Trinajstić information content (AvgIpc) is 2.46. The lowest BCUT2D eigenvalue weighted by atomic mass is 10.1. The van der Waals surface area contributed by atoms with E-state index in [9.17, 15) is 4.79 Å². The number of carbonyl (C=O) groups excluding carboxylic acids is 1. The summed E-state index contributed by atoms with van der Waals surface area (Å²) in [7, 11) is 1.58. The van der Waals surface area contributed by atoms with E-state index in [1.165, 1.54) is 0 Å². The van der Waals surface area contributed by atoms with Crippen molar-refractivity contribution in [3.8, 4) is 11.5 Å². The van der Waals surface area contributed by atoms with Crippen molar-refractivity contribution in [1.82, 2.24) is 0 Å².